The molecule has 1 aromatic carbocycles. The van der Waals surface area contributed by atoms with Gasteiger partial charge in [-0.05, 0) is 25.1 Å². The lowest BCUT2D eigenvalue weighted by Gasteiger charge is -2.15. The van der Waals surface area contributed by atoms with Crippen LogP contribution in [0.1, 0.15) is 24.3 Å². The van der Waals surface area contributed by atoms with E-state index < -0.39 is 6.10 Å². The first-order valence-electron chi connectivity index (χ1n) is 5.38. The second kappa shape index (κ2) is 5.49. The Morgan fingerprint density at radius 3 is 2.67 bits per heavy atom. The smallest absolute Gasteiger partial charge is 0.124 e. The van der Waals surface area contributed by atoms with Crippen LogP contribution in [0.5, 0.6) is 0 Å². The lowest BCUT2D eigenvalue weighted by atomic mass is 10.1. The molecule has 0 radical (unpaired) electrons. The molecule has 3 nitrogen and oxygen atoms in total. The van der Waals surface area contributed by atoms with Crippen LogP contribution in [0.2, 0.25) is 15.1 Å². The molecule has 2 rings (SSSR count). The Bertz CT molecular complexity index is 568. The van der Waals surface area contributed by atoms with Crippen molar-refractivity contribution in [2.24, 2.45) is 0 Å². The van der Waals surface area contributed by atoms with Gasteiger partial charge in [0.1, 0.15) is 6.10 Å². The molecule has 0 saturated carbocycles. The third-order valence-electron chi connectivity index (χ3n) is 2.64. The van der Waals surface area contributed by atoms with Gasteiger partial charge >= 0.3 is 0 Å². The van der Waals surface area contributed by atoms with Gasteiger partial charge in [-0.2, -0.15) is 5.10 Å². The number of benzene rings is 1. The summed E-state index contributed by atoms with van der Waals surface area (Å²) >= 11 is 18.0. The lowest BCUT2D eigenvalue weighted by molar-refractivity contribution is 0.208. The maximum atomic E-state index is 10.4. The van der Waals surface area contributed by atoms with Crippen molar-refractivity contribution in [3.05, 3.63) is 50.7 Å². The van der Waals surface area contributed by atoms with Crippen LogP contribution in [0.3, 0.4) is 0 Å². The van der Waals surface area contributed by atoms with E-state index in [2.05, 4.69) is 5.10 Å². The second-order valence-electron chi connectivity index (χ2n) is 3.76. The molecule has 0 aliphatic carbocycles. The van der Waals surface area contributed by atoms with Crippen LogP contribution in [0.4, 0.5) is 0 Å². The summed E-state index contributed by atoms with van der Waals surface area (Å²) in [5, 5.41) is 15.8. The molecule has 96 valence electrons. The van der Waals surface area contributed by atoms with Gasteiger partial charge in [0.15, 0.2) is 0 Å². The monoisotopic (exact) mass is 304 g/mol. The molecule has 0 amide bonds. The molecule has 0 fully saturated rings. The van der Waals surface area contributed by atoms with E-state index in [0.717, 1.165) is 0 Å². The van der Waals surface area contributed by atoms with E-state index >= 15 is 0 Å². The van der Waals surface area contributed by atoms with Crippen LogP contribution in [0.25, 0.3) is 0 Å². The fraction of sp³-hybridized carbons (Fsp3) is 0.250. The highest BCUT2D eigenvalue weighted by Crippen LogP contribution is 2.33. The van der Waals surface area contributed by atoms with Gasteiger partial charge in [0, 0.05) is 22.2 Å². The maximum absolute atomic E-state index is 10.4. The molecule has 1 aromatic heterocycles. The van der Waals surface area contributed by atoms with Gasteiger partial charge in [0.2, 0.25) is 0 Å². The van der Waals surface area contributed by atoms with Gasteiger partial charge in [0.05, 0.1) is 16.9 Å². The zero-order chi connectivity index (χ0) is 13.3. The fourth-order valence-electron chi connectivity index (χ4n) is 1.77. The molecule has 1 unspecified atom stereocenters. The van der Waals surface area contributed by atoms with E-state index in [1.54, 1.807) is 22.9 Å². The Kier molecular flexibility index (Phi) is 4.17. The van der Waals surface area contributed by atoms with E-state index in [1.807, 2.05) is 6.92 Å². The van der Waals surface area contributed by atoms with E-state index in [0.29, 0.717) is 32.9 Å². The van der Waals surface area contributed by atoms with Crippen molar-refractivity contribution in [1.82, 2.24) is 9.78 Å². The summed E-state index contributed by atoms with van der Waals surface area (Å²) < 4.78 is 1.63. The first-order chi connectivity index (χ1) is 8.54. The average molecular weight is 306 g/mol. The van der Waals surface area contributed by atoms with Crippen molar-refractivity contribution in [3.8, 4) is 0 Å². The van der Waals surface area contributed by atoms with Crippen LogP contribution in [-0.4, -0.2) is 14.9 Å². The molecule has 0 saturated heterocycles. The van der Waals surface area contributed by atoms with Crippen LogP contribution < -0.4 is 0 Å². The molecular formula is C12H11Cl3N2O. The van der Waals surface area contributed by atoms with Gasteiger partial charge in [-0.15, -0.1) is 0 Å². The zero-order valence-corrected chi connectivity index (χ0v) is 11.8. The second-order valence-corrected chi connectivity index (χ2v) is 5.01. The van der Waals surface area contributed by atoms with E-state index in [-0.39, 0.29) is 0 Å². The summed E-state index contributed by atoms with van der Waals surface area (Å²) in [6, 6.07) is 4.93. The molecule has 1 heterocycles. The molecule has 1 atom stereocenters. The van der Waals surface area contributed by atoms with Crippen LogP contribution >= 0.6 is 34.8 Å². The molecule has 0 aliphatic heterocycles. The summed E-state index contributed by atoms with van der Waals surface area (Å²) in [6.07, 6.45) is 0.549. The Morgan fingerprint density at radius 1 is 1.28 bits per heavy atom. The zero-order valence-electron chi connectivity index (χ0n) is 9.57. The topological polar surface area (TPSA) is 38.0 Å². The minimum Gasteiger partial charge on any atom is -0.382 e. The van der Waals surface area contributed by atoms with Crippen molar-refractivity contribution >= 4 is 34.8 Å². The van der Waals surface area contributed by atoms with Crippen LogP contribution in [0.15, 0.2) is 24.4 Å². The van der Waals surface area contributed by atoms with Crippen LogP contribution in [-0.2, 0) is 6.54 Å². The summed E-state index contributed by atoms with van der Waals surface area (Å²) in [7, 11) is 0. The Morgan fingerprint density at radius 2 is 2.00 bits per heavy atom. The van der Waals surface area contributed by atoms with Crippen molar-refractivity contribution < 1.29 is 5.11 Å². The first kappa shape index (κ1) is 13.7. The van der Waals surface area contributed by atoms with Gasteiger partial charge in [-0.3, -0.25) is 4.68 Å². The third-order valence-corrected chi connectivity index (χ3v) is 3.51. The van der Waals surface area contributed by atoms with E-state index in [1.165, 1.54) is 6.20 Å². The summed E-state index contributed by atoms with van der Waals surface area (Å²) in [5.41, 5.74) is 1.03. The lowest BCUT2D eigenvalue weighted by Crippen LogP contribution is -2.10. The third kappa shape index (κ3) is 2.50. The highest BCUT2D eigenvalue weighted by molar-refractivity contribution is 6.34. The van der Waals surface area contributed by atoms with Crippen molar-refractivity contribution in [1.29, 1.82) is 0 Å². The number of rotatable bonds is 3. The predicted molar refractivity (Wildman–Crippen MR) is 73.4 cm³/mol. The molecule has 6 heteroatoms. The first-order valence-corrected chi connectivity index (χ1v) is 6.52. The number of aromatic nitrogens is 2. The minimum atomic E-state index is -0.953. The molecule has 2 aromatic rings. The standard InChI is InChI=1S/C12H11Cl3N2O/c1-2-17-11(10(15)6-16-17)12(18)8-5-7(13)3-4-9(8)14/h3-6,12,18H,2H2,1H3. The number of nitrogens with zero attached hydrogens (tertiary/aromatic N) is 2. The van der Waals surface area contributed by atoms with Crippen LogP contribution in [0, 0.1) is 0 Å². The number of aliphatic hydroxyl groups is 1. The molecule has 1 N–H and O–H groups in total. The number of aliphatic hydroxyl groups excluding tert-OH is 1. The molecule has 18 heavy (non-hydrogen) atoms. The normalized spacial score (nSPS) is 12.7. The van der Waals surface area contributed by atoms with Crippen molar-refractivity contribution in [2.75, 3.05) is 0 Å². The van der Waals surface area contributed by atoms with E-state index in [9.17, 15) is 5.11 Å². The SMILES string of the molecule is CCn1ncc(Cl)c1C(O)c1cc(Cl)ccc1Cl. The maximum Gasteiger partial charge on any atom is 0.124 e. The molecular weight excluding hydrogens is 295 g/mol. The predicted octanol–water partition coefficient (Wildman–Crippen LogP) is 3.94. The largest absolute Gasteiger partial charge is 0.382 e. The number of aryl methyl sites for hydroxylation is 1. The van der Waals surface area contributed by atoms with Crippen molar-refractivity contribution in [2.45, 2.75) is 19.6 Å². The van der Waals surface area contributed by atoms with Gasteiger partial charge < -0.3 is 5.11 Å². The highest BCUT2D eigenvalue weighted by atomic mass is 35.5. The highest BCUT2D eigenvalue weighted by Gasteiger charge is 2.21. The number of halogens is 3. The van der Waals surface area contributed by atoms with Gasteiger partial charge in [-0.25, -0.2) is 0 Å². The molecule has 0 spiro atoms. The van der Waals surface area contributed by atoms with Crippen molar-refractivity contribution in [3.63, 3.8) is 0 Å². The quantitative estimate of drug-likeness (QED) is 0.932. The van der Waals surface area contributed by atoms with Gasteiger partial charge in [0.25, 0.3) is 0 Å². The number of hydrogen-bond donors (Lipinski definition) is 1. The molecule has 0 aliphatic rings. The summed E-state index contributed by atoms with van der Waals surface area (Å²) in [6.45, 7) is 2.52. The Labute approximate surface area is 120 Å². The minimum absolute atomic E-state index is 0.403. The fourth-order valence-corrected chi connectivity index (χ4v) is 2.41. The molecule has 0 bridgehead atoms. The Balaban J connectivity index is 2.50. The average Bonchev–Trinajstić information content (AvgIpc) is 2.72. The van der Waals surface area contributed by atoms with Gasteiger partial charge in [-0.1, -0.05) is 34.8 Å². The Hall–Kier alpha value is -0.740. The summed E-state index contributed by atoms with van der Waals surface area (Å²) in [5.74, 6) is 0. The summed E-state index contributed by atoms with van der Waals surface area (Å²) in [4.78, 5) is 0. The van der Waals surface area contributed by atoms with E-state index in [4.69, 9.17) is 34.8 Å². The number of hydrogen-bond acceptors (Lipinski definition) is 2.